The van der Waals surface area contributed by atoms with E-state index < -0.39 is 0 Å². The van der Waals surface area contributed by atoms with Crippen LogP contribution in [-0.2, 0) is 6.42 Å². The van der Waals surface area contributed by atoms with Crippen LogP contribution >= 0.6 is 11.3 Å². The third kappa shape index (κ3) is 3.36. The Morgan fingerprint density at radius 3 is 2.86 bits per heavy atom. The van der Waals surface area contributed by atoms with Crippen LogP contribution in [0.1, 0.15) is 23.5 Å². The van der Waals surface area contributed by atoms with Gasteiger partial charge in [0.05, 0.1) is 10.7 Å². The Bertz CT molecular complexity index is 270. The largest absolute Gasteiger partial charge is 0.330 e. The van der Waals surface area contributed by atoms with Crippen molar-refractivity contribution < 1.29 is 0 Å². The van der Waals surface area contributed by atoms with Crippen LogP contribution in [0.15, 0.2) is 5.38 Å². The maximum absolute atomic E-state index is 5.48. The Morgan fingerprint density at radius 2 is 2.29 bits per heavy atom. The lowest BCUT2D eigenvalue weighted by Crippen LogP contribution is -2.18. The van der Waals surface area contributed by atoms with E-state index in [9.17, 15) is 0 Å². The van der Waals surface area contributed by atoms with Crippen molar-refractivity contribution in [1.29, 1.82) is 0 Å². The molecule has 0 spiro atoms. The number of aromatic nitrogens is 1. The molecule has 0 aliphatic rings. The van der Waals surface area contributed by atoms with Gasteiger partial charge in [-0.1, -0.05) is 6.92 Å². The molecule has 0 fully saturated rings. The molecule has 2 N–H and O–H groups in total. The molecule has 0 radical (unpaired) electrons. The molecule has 1 aromatic heterocycles. The van der Waals surface area contributed by atoms with Crippen LogP contribution in [0.4, 0.5) is 0 Å². The number of hydrogen-bond donors (Lipinski definition) is 1. The molecule has 14 heavy (non-hydrogen) atoms. The molecule has 1 aromatic rings. The molecule has 0 aromatic carbocycles. The van der Waals surface area contributed by atoms with Crippen molar-refractivity contribution in [2.24, 2.45) is 5.73 Å². The lowest BCUT2D eigenvalue weighted by Gasteiger charge is -2.14. The van der Waals surface area contributed by atoms with Crippen molar-refractivity contribution in [2.75, 3.05) is 27.2 Å². The Labute approximate surface area is 89.9 Å². The van der Waals surface area contributed by atoms with Gasteiger partial charge in [-0.15, -0.1) is 11.3 Å². The lowest BCUT2D eigenvalue weighted by atomic mass is 10.2. The van der Waals surface area contributed by atoms with Gasteiger partial charge in [0.15, 0.2) is 0 Å². The van der Waals surface area contributed by atoms with Crippen LogP contribution in [0.2, 0.25) is 0 Å². The van der Waals surface area contributed by atoms with Crippen LogP contribution in [0, 0.1) is 0 Å². The maximum atomic E-state index is 5.48. The van der Waals surface area contributed by atoms with Crippen molar-refractivity contribution >= 4 is 11.3 Å². The van der Waals surface area contributed by atoms with Gasteiger partial charge < -0.3 is 10.6 Å². The predicted molar refractivity (Wildman–Crippen MR) is 61.8 cm³/mol. The molecule has 80 valence electrons. The summed E-state index contributed by atoms with van der Waals surface area (Å²) in [6.45, 7) is 3.95. The molecule has 0 saturated carbocycles. The Morgan fingerprint density at radius 1 is 1.57 bits per heavy atom. The molecule has 0 aliphatic heterocycles. The molecule has 0 aliphatic carbocycles. The minimum atomic E-state index is 0.515. The van der Waals surface area contributed by atoms with Gasteiger partial charge >= 0.3 is 0 Å². The second kappa shape index (κ2) is 5.44. The maximum Gasteiger partial charge on any atom is 0.0969 e. The molecule has 0 saturated heterocycles. The van der Waals surface area contributed by atoms with Gasteiger partial charge in [-0.3, -0.25) is 0 Å². The predicted octanol–water partition coefficient (Wildman–Crippen LogP) is 1.31. The van der Waals surface area contributed by atoms with E-state index in [0.29, 0.717) is 12.5 Å². The summed E-state index contributed by atoms with van der Waals surface area (Å²) in [7, 11) is 4.18. The second-order valence-electron chi connectivity index (χ2n) is 3.88. The molecule has 1 atom stereocenters. The SMILES string of the molecule is CC(CN(C)C)c1nc(CCN)cs1. The molecule has 4 heteroatoms. The minimum absolute atomic E-state index is 0.515. The normalized spacial score (nSPS) is 13.5. The quantitative estimate of drug-likeness (QED) is 0.802. The second-order valence-corrected chi connectivity index (χ2v) is 4.77. The summed E-state index contributed by atoms with van der Waals surface area (Å²) in [5.41, 5.74) is 6.62. The van der Waals surface area contributed by atoms with Gasteiger partial charge in [0.2, 0.25) is 0 Å². The van der Waals surface area contributed by atoms with E-state index in [0.717, 1.165) is 18.7 Å². The van der Waals surface area contributed by atoms with E-state index in [2.05, 4.69) is 36.3 Å². The summed E-state index contributed by atoms with van der Waals surface area (Å²) >= 11 is 1.75. The summed E-state index contributed by atoms with van der Waals surface area (Å²) in [6, 6.07) is 0. The first kappa shape index (κ1) is 11.6. The van der Waals surface area contributed by atoms with Crippen LogP contribution < -0.4 is 5.73 Å². The number of nitrogens with two attached hydrogens (primary N) is 1. The number of hydrogen-bond acceptors (Lipinski definition) is 4. The van der Waals surface area contributed by atoms with Crippen LogP contribution in [-0.4, -0.2) is 37.1 Å². The summed E-state index contributed by atoms with van der Waals surface area (Å²) in [6.07, 6.45) is 0.894. The first-order valence-electron chi connectivity index (χ1n) is 4.92. The van der Waals surface area contributed by atoms with Crippen molar-refractivity contribution in [1.82, 2.24) is 9.88 Å². The van der Waals surface area contributed by atoms with Crippen molar-refractivity contribution in [3.05, 3.63) is 16.1 Å². The van der Waals surface area contributed by atoms with Crippen molar-refractivity contribution in [3.63, 3.8) is 0 Å². The zero-order valence-corrected chi connectivity index (χ0v) is 9.97. The van der Waals surface area contributed by atoms with E-state index in [-0.39, 0.29) is 0 Å². The zero-order valence-electron chi connectivity index (χ0n) is 9.16. The van der Waals surface area contributed by atoms with E-state index in [1.165, 1.54) is 5.01 Å². The number of rotatable bonds is 5. The smallest absolute Gasteiger partial charge is 0.0969 e. The number of thiazole rings is 1. The summed E-state index contributed by atoms with van der Waals surface area (Å²) in [4.78, 5) is 6.75. The first-order valence-corrected chi connectivity index (χ1v) is 5.80. The lowest BCUT2D eigenvalue weighted by molar-refractivity contribution is 0.382. The van der Waals surface area contributed by atoms with Crippen molar-refractivity contribution in [2.45, 2.75) is 19.3 Å². The topological polar surface area (TPSA) is 42.2 Å². The zero-order chi connectivity index (χ0) is 10.6. The molecule has 0 amide bonds. The fourth-order valence-corrected chi connectivity index (χ4v) is 2.34. The molecular formula is C10H19N3S. The highest BCUT2D eigenvalue weighted by atomic mass is 32.1. The first-order chi connectivity index (χ1) is 6.63. The van der Waals surface area contributed by atoms with Crippen molar-refractivity contribution in [3.8, 4) is 0 Å². The van der Waals surface area contributed by atoms with Crippen LogP contribution in [0.5, 0.6) is 0 Å². The molecular weight excluding hydrogens is 194 g/mol. The van der Waals surface area contributed by atoms with Gasteiger partial charge in [-0.05, 0) is 20.6 Å². The van der Waals surface area contributed by atoms with E-state index in [4.69, 9.17) is 5.73 Å². The summed E-state index contributed by atoms with van der Waals surface area (Å²) < 4.78 is 0. The number of nitrogens with zero attached hydrogens (tertiary/aromatic N) is 2. The third-order valence-electron chi connectivity index (χ3n) is 2.03. The molecule has 0 bridgehead atoms. The highest BCUT2D eigenvalue weighted by Gasteiger charge is 2.10. The summed E-state index contributed by atoms with van der Waals surface area (Å²) in [5.74, 6) is 0.515. The molecule has 1 heterocycles. The Hall–Kier alpha value is -0.450. The summed E-state index contributed by atoms with van der Waals surface area (Å²) in [5, 5.41) is 3.34. The fourth-order valence-electron chi connectivity index (χ4n) is 1.44. The van der Waals surface area contributed by atoms with E-state index in [1.54, 1.807) is 11.3 Å². The average Bonchev–Trinajstić information content (AvgIpc) is 2.52. The van der Waals surface area contributed by atoms with Crippen LogP contribution in [0.25, 0.3) is 0 Å². The molecule has 1 rings (SSSR count). The van der Waals surface area contributed by atoms with Gasteiger partial charge in [0, 0.05) is 24.3 Å². The van der Waals surface area contributed by atoms with Gasteiger partial charge in [-0.2, -0.15) is 0 Å². The average molecular weight is 213 g/mol. The standard InChI is InChI=1S/C10H19N3S/c1-8(6-13(2)3)10-12-9(4-5-11)7-14-10/h7-8H,4-6,11H2,1-3H3. The highest BCUT2D eigenvalue weighted by Crippen LogP contribution is 2.20. The molecule has 3 nitrogen and oxygen atoms in total. The monoisotopic (exact) mass is 213 g/mol. The third-order valence-corrected chi connectivity index (χ3v) is 3.16. The molecule has 1 unspecified atom stereocenters. The number of likely N-dealkylation sites (N-methyl/N-ethyl adjacent to an activating group) is 1. The van der Waals surface area contributed by atoms with Gasteiger partial charge in [0.1, 0.15) is 0 Å². The van der Waals surface area contributed by atoms with E-state index >= 15 is 0 Å². The minimum Gasteiger partial charge on any atom is -0.330 e. The Balaban J connectivity index is 2.57. The van der Waals surface area contributed by atoms with Gasteiger partial charge in [-0.25, -0.2) is 4.98 Å². The van der Waals surface area contributed by atoms with Gasteiger partial charge in [0.25, 0.3) is 0 Å². The fraction of sp³-hybridized carbons (Fsp3) is 0.700. The van der Waals surface area contributed by atoms with Crippen LogP contribution in [0.3, 0.4) is 0 Å². The van der Waals surface area contributed by atoms with E-state index in [1.807, 2.05) is 0 Å². The Kier molecular flexibility index (Phi) is 4.51. The highest BCUT2D eigenvalue weighted by molar-refractivity contribution is 7.09.